The molecule has 0 unspecified atom stereocenters. The van der Waals surface area contributed by atoms with E-state index in [2.05, 4.69) is 35.1 Å². The van der Waals surface area contributed by atoms with E-state index in [0.29, 0.717) is 36.6 Å². The van der Waals surface area contributed by atoms with Gasteiger partial charge in [-0.1, -0.05) is 18.5 Å². The van der Waals surface area contributed by atoms with Crippen molar-refractivity contribution in [2.24, 2.45) is 0 Å². The van der Waals surface area contributed by atoms with Crippen molar-refractivity contribution in [2.75, 3.05) is 26.4 Å². The van der Waals surface area contributed by atoms with Crippen LogP contribution in [0, 0.1) is 6.92 Å². The molecule has 0 saturated carbocycles. The number of nitrogens with one attached hydrogen (secondary N) is 1. The van der Waals surface area contributed by atoms with Crippen LogP contribution in [0.15, 0.2) is 16.6 Å². The van der Waals surface area contributed by atoms with Gasteiger partial charge < -0.3 is 14.8 Å². The fourth-order valence-corrected chi connectivity index (χ4v) is 2.78. The Morgan fingerprint density at radius 3 is 2.70 bits per heavy atom. The molecule has 1 aromatic rings. The van der Waals surface area contributed by atoms with Gasteiger partial charge >= 0.3 is 0 Å². The first kappa shape index (κ1) is 17.8. The number of rotatable bonds is 9. The molecule has 0 aliphatic heterocycles. The topological polar surface area (TPSA) is 30.5 Å². The van der Waals surface area contributed by atoms with E-state index in [9.17, 15) is 0 Å². The van der Waals surface area contributed by atoms with Gasteiger partial charge in [-0.3, -0.25) is 0 Å². The van der Waals surface area contributed by atoms with Crippen LogP contribution in [0.5, 0.6) is 5.75 Å². The van der Waals surface area contributed by atoms with Gasteiger partial charge in [0.25, 0.3) is 0 Å². The van der Waals surface area contributed by atoms with Crippen molar-refractivity contribution in [3.8, 4) is 5.75 Å². The number of hydrogen-bond acceptors (Lipinski definition) is 3. The van der Waals surface area contributed by atoms with Crippen LogP contribution in [-0.2, 0) is 4.74 Å². The Morgan fingerprint density at radius 1 is 1.30 bits per heavy atom. The highest BCUT2D eigenvalue weighted by atomic mass is 79.9. The van der Waals surface area contributed by atoms with Crippen LogP contribution >= 0.6 is 27.5 Å². The molecule has 1 atom stereocenters. The van der Waals surface area contributed by atoms with Gasteiger partial charge in [-0.2, -0.15) is 0 Å². The van der Waals surface area contributed by atoms with Gasteiger partial charge in [-0.25, -0.2) is 0 Å². The van der Waals surface area contributed by atoms with E-state index in [-0.39, 0.29) is 0 Å². The zero-order valence-corrected chi connectivity index (χ0v) is 14.7. The molecule has 1 rings (SSSR count). The van der Waals surface area contributed by atoms with Crippen molar-refractivity contribution in [2.45, 2.75) is 33.2 Å². The maximum Gasteiger partial charge on any atom is 0.152 e. The van der Waals surface area contributed by atoms with Crippen LogP contribution in [-0.4, -0.2) is 32.4 Å². The molecular formula is C15H23BrClNO2. The second kappa shape index (κ2) is 9.61. The van der Waals surface area contributed by atoms with E-state index < -0.39 is 0 Å². The molecule has 0 heterocycles. The number of aryl methyl sites for hydroxylation is 1. The Hall–Kier alpha value is -0.290. The van der Waals surface area contributed by atoms with Gasteiger partial charge in [0.05, 0.1) is 22.7 Å². The average Bonchev–Trinajstić information content (AvgIpc) is 2.39. The third kappa shape index (κ3) is 6.44. The summed E-state index contributed by atoms with van der Waals surface area (Å²) in [6.07, 6.45) is 1.13. The van der Waals surface area contributed by atoms with Gasteiger partial charge in [-0.15, -0.1) is 0 Å². The van der Waals surface area contributed by atoms with E-state index in [1.54, 1.807) is 0 Å². The van der Waals surface area contributed by atoms with Crippen LogP contribution in [0.1, 0.15) is 25.8 Å². The van der Waals surface area contributed by atoms with Crippen LogP contribution in [0.4, 0.5) is 0 Å². The van der Waals surface area contributed by atoms with Crippen molar-refractivity contribution >= 4 is 27.5 Å². The molecule has 0 fully saturated rings. The lowest BCUT2D eigenvalue weighted by Gasteiger charge is -2.13. The lowest BCUT2D eigenvalue weighted by atomic mass is 10.2. The molecule has 0 bridgehead atoms. The average molecular weight is 365 g/mol. The van der Waals surface area contributed by atoms with Gasteiger partial charge in [0.2, 0.25) is 0 Å². The summed E-state index contributed by atoms with van der Waals surface area (Å²) in [4.78, 5) is 0. The Labute approximate surface area is 135 Å². The normalized spacial score (nSPS) is 12.4. The van der Waals surface area contributed by atoms with Crippen molar-refractivity contribution < 1.29 is 9.47 Å². The minimum absolute atomic E-state index is 0.491. The molecular weight excluding hydrogens is 342 g/mol. The van der Waals surface area contributed by atoms with Gasteiger partial charge in [0.15, 0.2) is 5.75 Å². The minimum Gasteiger partial charge on any atom is -0.488 e. The zero-order chi connectivity index (χ0) is 15.0. The molecule has 1 N–H and O–H groups in total. The standard InChI is InChI=1S/C15H23BrClNO2/c1-4-12(3)18-5-6-19-7-8-20-15-13(16)9-11(2)10-14(15)17/h9-10,12,18H,4-8H2,1-3H3/t12-/m0/s1. The summed E-state index contributed by atoms with van der Waals surface area (Å²) in [7, 11) is 0. The summed E-state index contributed by atoms with van der Waals surface area (Å²) in [6.45, 7) is 8.92. The third-order valence-electron chi connectivity index (χ3n) is 2.97. The number of ether oxygens (including phenoxy) is 2. The SMILES string of the molecule is CC[C@H](C)NCCOCCOc1c(Cl)cc(C)cc1Br. The molecule has 0 aliphatic carbocycles. The van der Waals surface area contributed by atoms with Gasteiger partial charge in [-0.05, 0) is 53.9 Å². The molecule has 0 aromatic heterocycles. The number of hydrogen-bond donors (Lipinski definition) is 1. The Morgan fingerprint density at radius 2 is 2.05 bits per heavy atom. The fourth-order valence-electron chi connectivity index (χ4n) is 1.65. The minimum atomic E-state index is 0.491. The van der Waals surface area contributed by atoms with E-state index in [1.807, 2.05) is 19.1 Å². The van der Waals surface area contributed by atoms with Crippen LogP contribution in [0.3, 0.4) is 0 Å². The van der Waals surface area contributed by atoms with Crippen LogP contribution in [0.2, 0.25) is 5.02 Å². The maximum atomic E-state index is 6.14. The lowest BCUT2D eigenvalue weighted by Crippen LogP contribution is -2.29. The van der Waals surface area contributed by atoms with Gasteiger partial charge in [0, 0.05) is 12.6 Å². The third-order valence-corrected chi connectivity index (χ3v) is 3.84. The summed E-state index contributed by atoms with van der Waals surface area (Å²) in [5, 5.41) is 3.99. The first-order valence-electron chi connectivity index (χ1n) is 6.94. The summed E-state index contributed by atoms with van der Waals surface area (Å²) >= 11 is 9.60. The first-order chi connectivity index (χ1) is 9.54. The molecule has 0 aliphatic rings. The van der Waals surface area contributed by atoms with E-state index in [4.69, 9.17) is 21.1 Å². The van der Waals surface area contributed by atoms with Gasteiger partial charge in [0.1, 0.15) is 6.61 Å². The second-order valence-electron chi connectivity index (χ2n) is 4.78. The number of halogens is 2. The summed E-state index contributed by atoms with van der Waals surface area (Å²) in [5.41, 5.74) is 1.10. The summed E-state index contributed by atoms with van der Waals surface area (Å²) < 4.78 is 12.0. The maximum absolute atomic E-state index is 6.14. The first-order valence-corrected chi connectivity index (χ1v) is 8.11. The van der Waals surface area contributed by atoms with E-state index in [1.165, 1.54) is 0 Å². The van der Waals surface area contributed by atoms with Crippen molar-refractivity contribution in [3.63, 3.8) is 0 Å². The molecule has 0 amide bonds. The fraction of sp³-hybridized carbons (Fsp3) is 0.600. The largest absolute Gasteiger partial charge is 0.488 e. The Kier molecular flexibility index (Phi) is 8.53. The smallest absolute Gasteiger partial charge is 0.152 e. The molecule has 5 heteroatoms. The highest BCUT2D eigenvalue weighted by Crippen LogP contribution is 2.34. The molecule has 0 spiro atoms. The molecule has 3 nitrogen and oxygen atoms in total. The van der Waals surface area contributed by atoms with Crippen LogP contribution < -0.4 is 10.1 Å². The highest BCUT2D eigenvalue weighted by Gasteiger charge is 2.07. The summed E-state index contributed by atoms with van der Waals surface area (Å²) in [6, 6.07) is 4.41. The highest BCUT2D eigenvalue weighted by molar-refractivity contribution is 9.10. The Balaban J connectivity index is 2.19. The lowest BCUT2D eigenvalue weighted by molar-refractivity contribution is 0.100. The monoisotopic (exact) mass is 363 g/mol. The molecule has 0 saturated heterocycles. The van der Waals surface area contributed by atoms with Crippen molar-refractivity contribution in [3.05, 3.63) is 27.2 Å². The van der Waals surface area contributed by atoms with Crippen molar-refractivity contribution in [1.82, 2.24) is 5.32 Å². The summed E-state index contributed by atoms with van der Waals surface area (Å²) in [5.74, 6) is 0.679. The van der Waals surface area contributed by atoms with Crippen LogP contribution in [0.25, 0.3) is 0 Å². The van der Waals surface area contributed by atoms with Crippen molar-refractivity contribution in [1.29, 1.82) is 0 Å². The Bertz CT molecular complexity index is 392. The van der Waals surface area contributed by atoms with E-state index in [0.717, 1.165) is 23.0 Å². The molecule has 0 radical (unpaired) electrons. The molecule has 20 heavy (non-hydrogen) atoms. The van der Waals surface area contributed by atoms with E-state index >= 15 is 0 Å². The zero-order valence-electron chi connectivity index (χ0n) is 12.3. The quantitative estimate of drug-likeness (QED) is 0.666. The molecule has 1 aromatic carbocycles. The predicted octanol–water partition coefficient (Wildman–Crippen LogP) is 4.19. The number of benzene rings is 1. The second-order valence-corrected chi connectivity index (χ2v) is 6.04. The predicted molar refractivity (Wildman–Crippen MR) is 88.0 cm³/mol. The molecule has 114 valence electrons.